The minimum Gasteiger partial charge on any atom is -0.508 e. The molecule has 6 heteroatoms. The van der Waals surface area contributed by atoms with E-state index in [1.54, 1.807) is 13.0 Å². The van der Waals surface area contributed by atoms with Crippen LogP contribution in [-0.2, 0) is 9.59 Å². The van der Waals surface area contributed by atoms with E-state index in [-0.39, 0.29) is 29.9 Å². The number of likely N-dealkylation sites (N-methyl/N-ethyl adjacent to an activating group) is 1. The van der Waals surface area contributed by atoms with Crippen molar-refractivity contribution in [3.05, 3.63) is 24.0 Å². The average molecular weight is 324 g/mol. The van der Waals surface area contributed by atoms with Crippen LogP contribution in [0.1, 0.15) is 40.0 Å². The molecule has 3 atom stereocenters. The zero-order valence-electron chi connectivity index (χ0n) is 14.3. The van der Waals surface area contributed by atoms with E-state index in [4.69, 9.17) is 0 Å². The first kappa shape index (κ1) is 19.2. The monoisotopic (exact) mass is 324 g/mol. The molecule has 0 heterocycles. The van der Waals surface area contributed by atoms with Gasteiger partial charge in [-0.3, -0.25) is 9.59 Å². The molecule has 1 unspecified atom stereocenters. The maximum absolute atomic E-state index is 12.0. The summed E-state index contributed by atoms with van der Waals surface area (Å²) in [7, 11) is 1.51. The SMILES string of the molecule is CNC(=O)[C@H](CC1C=CC(O)=C[C@@]1(C)O)NC(=O)CCC(C)C. The van der Waals surface area contributed by atoms with Crippen molar-refractivity contribution in [3.63, 3.8) is 0 Å². The average Bonchev–Trinajstić information content (AvgIpc) is 2.45. The minimum atomic E-state index is -1.27. The number of aliphatic hydroxyl groups excluding tert-OH is 1. The Labute approximate surface area is 137 Å². The Morgan fingerprint density at radius 2 is 2.04 bits per heavy atom. The third-order valence-electron chi connectivity index (χ3n) is 4.03. The fourth-order valence-corrected chi connectivity index (χ4v) is 2.53. The van der Waals surface area contributed by atoms with E-state index in [1.165, 1.54) is 19.2 Å². The highest BCUT2D eigenvalue weighted by atomic mass is 16.3. The second kappa shape index (κ2) is 8.15. The lowest BCUT2D eigenvalue weighted by Crippen LogP contribution is -2.49. The van der Waals surface area contributed by atoms with Gasteiger partial charge in [-0.25, -0.2) is 0 Å². The molecule has 0 spiro atoms. The smallest absolute Gasteiger partial charge is 0.242 e. The second-order valence-corrected chi connectivity index (χ2v) is 6.66. The molecule has 0 aromatic carbocycles. The summed E-state index contributed by atoms with van der Waals surface area (Å²) in [4.78, 5) is 24.0. The standard InChI is InChI=1S/C17H28N2O4/c1-11(2)5-8-15(21)19-14(16(22)18-4)9-12-6-7-13(20)10-17(12,3)23/h6-7,10-12,14,20,23H,5,8-9H2,1-4H3,(H,18,22)(H,19,21)/t12?,14-,17+/m0/s1. The van der Waals surface area contributed by atoms with Gasteiger partial charge < -0.3 is 20.8 Å². The molecule has 130 valence electrons. The van der Waals surface area contributed by atoms with Gasteiger partial charge in [0.05, 0.1) is 5.60 Å². The predicted molar refractivity (Wildman–Crippen MR) is 88.7 cm³/mol. The van der Waals surface area contributed by atoms with Crippen LogP contribution in [0.25, 0.3) is 0 Å². The number of hydrogen-bond donors (Lipinski definition) is 4. The minimum absolute atomic E-state index is 0.0105. The van der Waals surface area contributed by atoms with Gasteiger partial charge in [-0.15, -0.1) is 0 Å². The van der Waals surface area contributed by atoms with Crippen LogP contribution >= 0.6 is 0 Å². The summed E-state index contributed by atoms with van der Waals surface area (Å²) in [6.45, 7) is 5.64. The van der Waals surface area contributed by atoms with Crippen molar-refractivity contribution < 1.29 is 19.8 Å². The number of nitrogens with one attached hydrogen (secondary N) is 2. The van der Waals surface area contributed by atoms with E-state index >= 15 is 0 Å². The highest BCUT2D eigenvalue weighted by Crippen LogP contribution is 2.30. The van der Waals surface area contributed by atoms with Crippen LogP contribution in [0.5, 0.6) is 0 Å². The van der Waals surface area contributed by atoms with Gasteiger partial charge in [0, 0.05) is 19.4 Å². The maximum Gasteiger partial charge on any atom is 0.242 e. The fraction of sp³-hybridized carbons (Fsp3) is 0.647. The third-order valence-corrected chi connectivity index (χ3v) is 4.03. The van der Waals surface area contributed by atoms with Crippen LogP contribution in [0.2, 0.25) is 0 Å². The fourth-order valence-electron chi connectivity index (χ4n) is 2.53. The molecule has 0 fully saturated rings. The molecular weight excluding hydrogens is 296 g/mol. The van der Waals surface area contributed by atoms with Crippen LogP contribution in [0.4, 0.5) is 0 Å². The number of carbonyl (C=O) groups is 2. The largest absolute Gasteiger partial charge is 0.508 e. The Morgan fingerprint density at radius 3 is 2.57 bits per heavy atom. The Bertz CT molecular complexity index is 495. The molecule has 0 saturated heterocycles. The Morgan fingerprint density at radius 1 is 1.39 bits per heavy atom. The summed E-state index contributed by atoms with van der Waals surface area (Å²) in [5.74, 6) is -0.458. The van der Waals surface area contributed by atoms with Gasteiger partial charge in [0.2, 0.25) is 11.8 Å². The summed E-state index contributed by atoms with van der Waals surface area (Å²) in [5.41, 5.74) is -1.27. The molecule has 6 nitrogen and oxygen atoms in total. The van der Waals surface area contributed by atoms with Crippen LogP contribution < -0.4 is 10.6 Å². The van der Waals surface area contributed by atoms with E-state index in [0.29, 0.717) is 12.3 Å². The normalized spacial score (nSPS) is 25.0. The van der Waals surface area contributed by atoms with E-state index < -0.39 is 11.6 Å². The van der Waals surface area contributed by atoms with Gasteiger partial charge >= 0.3 is 0 Å². The van der Waals surface area contributed by atoms with Crippen molar-refractivity contribution in [1.82, 2.24) is 10.6 Å². The number of amides is 2. The summed E-state index contributed by atoms with van der Waals surface area (Å²) >= 11 is 0. The van der Waals surface area contributed by atoms with Gasteiger partial charge in [-0.05, 0) is 37.8 Å². The lowest BCUT2D eigenvalue weighted by molar-refractivity contribution is -0.129. The highest BCUT2D eigenvalue weighted by molar-refractivity contribution is 5.87. The molecule has 1 aliphatic carbocycles. The van der Waals surface area contributed by atoms with Gasteiger partial charge in [0.1, 0.15) is 11.8 Å². The summed E-state index contributed by atoms with van der Waals surface area (Å²) < 4.78 is 0. The molecule has 0 aromatic heterocycles. The molecule has 4 N–H and O–H groups in total. The molecular formula is C17H28N2O4. The van der Waals surface area contributed by atoms with Crippen molar-refractivity contribution in [2.75, 3.05) is 7.05 Å². The van der Waals surface area contributed by atoms with Crippen molar-refractivity contribution in [3.8, 4) is 0 Å². The predicted octanol–water partition coefficient (Wildman–Crippen LogP) is 1.42. The quantitative estimate of drug-likeness (QED) is 0.569. The highest BCUT2D eigenvalue weighted by Gasteiger charge is 2.35. The van der Waals surface area contributed by atoms with E-state index in [0.717, 1.165) is 6.42 Å². The second-order valence-electron chi connectivity index (χ2n) is 6.66. The molecule has 0 bridgehead atoms. The summed E-state index contributed by atoms with van der Waals surface area (Å²) in [5, 5.41) is 25.1. The van der Waals surface area contributed by atoms with Crippen LogP contribution in [0.15, 0.2) is 24.0 Å². The van der Waals surface area contributed by atoms with Crippen LogP contribution in [0, 0.1) is 11.8 Å². The first-order chi connectivity index (χ1) is 10.7. The van der Waals surface area contributed by atoms with E-state index in [9.17, 15) is 19.8 Å². The Kier molecular flexibility index (Phi) is 6.81. The number of rotatable bonds is 7. The first-order valence-corrected chi connectivity index (χ1v) is 7.99. The molecule has 1 rings (SSSR count). The van der Waals surface area contributed by atoms with Crippen molar-refractivity contribution in [1.29, 1.82) is 0 Å². The van der Waals surface area contributed by atoms with Crippen LogP contribution in [-0.4, -0.2) is 40.7 Å². The molecule has 0 aromatic rings. The van der Waals surface area contributed by atoms with E-state index in [2.05, 4.69) is 10.6 Å². The van der Waals surface area contributed by atoms with E-state index in [1.807, 2.05) is 13.8 Å². The molecule has 0 radical (unpaired) electrons. The van der Waals surface area contributed by atoms with Crippen molar-refractivity contribution in [2.24, 2.45) is 11.8 Å². The molecule has 1 aliphatic rings. The van der Waals surface area contributed by atoms with Gasteiger partial charge in [0.15, 0.2) is 0 Å². The third kappa shape index (κ3) is 6.06. The van der Waals surface area contributed by atoms with Gasteiger partial charge in [0.25, 0.3) is 0 Å². The summed E-state index contributed by atoms with van der Waals surface area (Å²) in [6, 6.07) is -0.727. The molecule has 23 heavy (non-hydrogen) atoms. The number of aliphatic hydroxyl groups is 2. The number of hydrogen-bond acceptors (Lipinski definition) is 4. The molecule has 0 aliphatic heterocycles. The van der Waals surface area contributed by atoms with Gasteiger partial charge in [-0.1, -0.05) is 19.9 Å². The lowest BCUT2D eigenvalue weighted by atomic mass is 9.80. The maximum atomic E-state index is 12.0. The van der Waals surface area contributed by atoms with Crippen LogP contribution in [0.3, 0.4) is 0 Å². The van der Waals surface area contributed by atoms with Crippen molar-refractivity contribution >= 4 is 11.8 Å². The zero-order chi connectivity index (χ0) is 17.6. The number of carbonyl (C=O) groups excluding carboxylic acids is 2. The Balaban J connectivity index is 2.74. The lowest BCUT2D eigenvalue weighted by Gasteiger charge is -2.33. The molecule has 0 saturated carbocycles. The number of allylic oxidation sites excluding steroid dienone is 1. The first-order valence-electron chi connectivity index (χ1n) is 7.99. The topological polar surface area (TPSA) is 98.7 Å². The zero-order valence-corrected chi connectivity index (χ0v) is 14.3. The summed E-state index contributed by atoms with van der Waals surface area (Å²) in [6.07, 6.45) is 5.86. The van der Waals surface area contributed by atoms with Gasteiger partial charge in [-0.2, -0.15) is 0 Å². The Hall–Kier alpha value is -1.82. The molecule has 2 amide bonds. The van der Waals surface area contributed by atoms with Crippen molar-refractivity contribution in [2.45, 2.75) is 51.7 Å².